The van der Waals surface area contributed by atoms with Crippen LogP contribution in [-0.2, 0) is 0 Å². The van der Waals surface area contributed by atoms with E-state index in [0.717, 1.165) is 17.1 Å². The Hall–Kier alpha value is -1.31. The van der Waals surface area contributed by atoms with Gasteiger partial charge in [0.1, 0.15) is 5.75 Å². The molecule has 2 heteroatoms. The van der Waals surface area contributed by atoms with Gasteiger partial charge in [0.15, 0.2) is 0 Å². The van der Waals surface area contributed by atoms with Crippen LogP contribution < -0.4 is 4.74 Å². The minimum Gasteiger partial charge on any atom is -0.497 e. The number of hydrogen-bond donors (Lipinski definition) is 0. The Morgan fingerprint density at radius 1 is 1.31 bits per heavy atom. The molecule has 0 aliphatic carbocycles. The molecule has 0 aliphatic heterocycles. The fourth-order valence-electron chi connectivity index (χ4n) is 1.08. The average Bonchev–Trinajstić information content (AvgIpc) is 2.08. The van der Waals surface area contributed by atoms with Crippen LogP contribution in [0.25, 0.3) is 0 Å². The minimum atomic E-state index is 0.852. The summed E-state index contributed by atoms with van der Waals surface area (Å²) < 4.78 is 5.12. The van der Waals surface area contributed by atoms with E-state index < -0.39 is 0 Å². The van der Waals surface area contributed by atoms with Crippen LogP contribution in [0.4, 0.5) is 5.69 Å². The zero-order valence-corrected chi connectivity index (χ0v) is 8.59. The SMILES string of the molecule is COc1ccc(C)c(N=C(C)C)c1. The van der Waals surface area contributed by atoms with Gasteiger partial charge >= 0.3 is 0 Å². The van der Waals surface area contributed by atoms with Crippen LogP contribution in [0.5, 0.6) is 5.75 Å². The van der Waals surface area contributed by atoms with E-state index in [-0.39, 0.29) is 0 Å². The third kappa shape index (κ3) is 2.58. The summed E-state index contributed by atoms with van der Waals surface area (Å²) in [4.78, 5) is 4.40. The summed E-state index contributed by atoms with van der Waals surface area (Å²) in [7, 11) is 1.66. The molecule has 0 bridgehead atoms. The monoisotopic (exact) mass is 177 g/mol. The molecule has 0 unspecified atom stereocenters. The molecule has 1 rings (SSSR count). The van der Waals surface area contributed by atoms with Crippen LogP contribution in [0.15, 0.2) is 23.2 Å². The molecule has 0 aromatic heterocycles. The number of ether oxygens (including phenoxy) is 1. The lowest BCUT2D eigenvalue weighted by Crippen LogP contribution is -1.85. The van der Waals surface area contributed by atoms with Crippen molar-refractivity contribution < 1.29 is 4.74 Å². The van der Waals surface area contributed by atoms with Crippen LogP contribution in [0.3, 0.4) is 0 Å². The molecule has 0 N–H and O–H groups in total. The smallest absolute Gasteiger partial charge is 0.121 e. The number of aliphatic imine (C=N–C) groups is 1. The lowest BCUT2D eigenvalue weighted by molar-refractivity contribution is 0.415. The summed E-state index contributed by atoms with van der Waals surface area (Å²) in [6.07, 6.45) is 0. The van der Waals surface area contributed by atoms with E-state index in [1.165, 1.54) is 5.56 Å². The zero-order valence-electron chi connectivity index (χ0n) is 8.59. The van der Waals surface area contributed by atoms with Gasteiger partial charge < -0.3 is 4.74 Å². The van der Waals surface area contributed by atoms with E-state index >= 15 is 0 Å². The highest BCUT2D eigenvalue weighted by molar-refractivity contribution is 5.82. The maximum absolute atomic E-state index is 5.12. The van der Waals surface area contributed by atoms with Crippen molar-refractivity contribution in [3.05, 3.63) is 23.8 Å². The Bertz CT molecular complexity index is 325. The molecule has 2 nitrogen and oxygen atoms in total. The second-order valence-electron chi connectivity index (χ2n) is 3.21. The minimum absolute atomic E-state index is 0.852. The first-order chi connectivity index (χ1) is 6.13. The molecule has 0 saturated heterocycles. The summed E-state index contributed by atoms with van der Waals surface area (Å²) in [6.45, 7) is 6.01. The summed E-state index contributed by atoms with van der Waals surface area (Å²) >= 11 is 0. The molecule has 0 aliphatic rings. The summed E-state index contributed by atoms with van der Waals surface area (Å²) in [5.74, 6) is 0.852. The summed E-state index contributed by atoms with van der Waals surface area (Å²) in [5.41, 5.74) is 3.21. The molecular weight excluding hydrogens is 162 g/mol. The van der Waals surface area contributed by atoms with Gasteiger partial charge in [-0.15, -0.1) is 0 Å². The van der Waals surface area contributed by atoms with Crippen LogP contribution >= 0.6 is 0 Å². The summed E-state index contributed by atoms with van der Waals surface area (Å²) in [6, 6.07) is 5.91. The molecule has 0 saturated carbocycles. The maximum Gasteiger partial charge on any atom is 0.121 e. The van der Waals surface area contributed by atoms with Gasteiger partial charge in [-0.2, -0.15) is 0 Å². The van der Waals surface area contributed by atoms with Crippen LogP contribution in [-0.4, -0.2) is 12.8 Å². The first kappa shape index (κ1) is 9.78. The predicted octanol–water partition coefficient (Wildman–Crippen LogP) is 3.12. The van der Waals surface area contributed by atoms with Gasteiger partial charge in [-0.1, -0.05) is 6.07 Å². The van der Waals surface area contributed by atoms with Crippen molar-refractivity contribution in [3.8, 4) is 5.75 Å². The van der Waals surface area contributed by atoms with Crippen molar-refractivity contribution in [2.45, 2.75) is 20.8 Å². The second kappa shape index (κ2) is 4.08. The van der Waals surface area contributed by atoms with Gasteiger partial charge in [0.25, 0.3) is 0 Å². The number of hydrogen-bond acceptors (Lipinski definition) is 2. The van der Waals surface area contributed by atoms with Crippen molar-refractivity contribution >= 4 is 11.4 Å². The molecule has 1 aromatic carbocycles. The highest BCUT2D eigenvalue weighted by Gasteiger charge is 1.98. The quantitative estimate of drug-likeness (QED) is 0.636. The van der Waals surface area contributed by atoms with E-state index in [1.807, 2.05) is 39.0 Å². The molecule has 70 valence electrons. The van der Waals surface area contributed by atoms with Crippen LogP contribution in [0, 0.1) is 6.92 Å². The van der Waals surface area contributed by atoms with E-state index in [2.05, 4.69) is 4.99 Å². The molecule has 0 heterocycles. The van der Waals surface area contributed by atoms with E-state index in [9.17, 15) is 0 Å². The van der Waals surface area contributed by atoms with Gasteiger partial charge in [-0.25, -0.2) is 0 Å². The lowest BCUT2D eigenvalue weighted by Gasteiger charge is -2.04. The van der Waals surface area contributed by atoms with Gasteiger partial charge in [-0.05, 0) is 32.4 Å². The van der Waals surface area contributed by atoms with Crippen LogP contribution in [0.2, 0.25) is 0 Å². The third-order valence-corrected chi connectivity index (χ3v) is 1.76. The molecule has 0 fully saturated rings. The van der Waals surface area contributed by atoms with Crippen molar-refractivity contribution in [1.82, 2.24) is 0 Å². The van der Waals surface area contributed by atoms with Crippen molar-refractivity contribution in [2.75, 3.05) is 7.11 Å². The first-order valence-electron chi connectivity index (χ1n) is 4.30. The molecule has 1 aromatic rings. The molecule has 13 heavy (non-hydrogen) atoms. The van der Waals surface area contributed by atoms with Gasteiger partial charge in [0, 0.05) is 11.8 Å². The summed E-state index contributed by atoms with van der Waals surface area (Å²) in [5, 5.41) is 0. The lowest BCUT2D eigenvalue weighted by atomic mass is 10.2. The largest absolute Gasteiger partial charge is 0.497 e. The number of benzene rings is 1. The average molecular weight is 177 g/mol. The molecule has 0 atom stereocenters. The number of rotatable bonds is 2. The topological polar surface area (TPSA) is 21.6 Å². The second-order valence-corrected chi connectivity index (χ2v) is 3.21. The fraction of sp³-hybridized carbons (Fsp3) is 0.364. The molecule has 0 radical (unpaired) electrons. The van der Waals surface area contributed by atoms with Crippen LogP contribution in [0.1, 0.15) is 19.4 Å². The number of methoxy groups -OCH3 is 1. The Labute approximate surface area is 79.3 Å². The van der Waals surface area contributed by atoms with Crippen molar-refractivity contribution in [1.29, 1.82) is 0 Å². The first-order valence-corrected chi connectivity index (χ1v) is 4.30. The normalized spacial score (nSPS) is 9.54. The Morgan fingerprint density at radius 3 is 2.54 bits per heavy atom. The molecular formula is C11H15NO. The molecule has 0 amide bonds. The predicted molar refractivity (Wildman–Crippen MR) is 56.2 cm³/mol. The fourth-order valence-corrected chi connectivity index (χ4v) is 1.08. The highest BCUT2D eigenvalue weighted by Crippen LogP contribution is 2.24. The molecule has 0 spiro atoms. The standard InChI is InChI=1S/C11H15NO/c1-8(2)12-11-7-10(13-4)6-5-9(11)3/h5-7H,1-4H3. The Balaban J connectivity index is 3.11. The van der Waals surface area contributed by atoms with Gasteiger partial charge in [0.2, 0.25) is 0 Å². The van der Waals surface area contributed by atoms with Crippen molar-refractivity contribution in [3.63, 3.8) is 0 Å². The third-order valence-electron chi connectivity index (χ3n) is 1.76. The van der Waals surface area contributed by atoms with E-state index in [0.29, 0.717) is 0 Å². The zero-order chi connectivity index (χ0) is 9.84. The van der Waals surface area contributed by atoms with E-state index in [1.54, 1.807) is 7.11 Å². The highest BCUT2D eigenvalue weighted by atomic mass is 16.5. The van der Waals surface area contributed by atoms with Crippen molar-refractivity contribution in [2.24, 2.45) is 4.99 Å². The van der Waals surface area contributed by atoms with E-state index in [4.69, 9.17) is 4.74 Å². The maximum atomic E-state index is 5.12. The number of nitrogens with zero attached hydrogens (tertiary/aromatic N) is 1. The van der Waals surface area contributed by atoms with Gasteiger partial charge in [0.05, 0.1) is 12.8 Å². The number of aryl methyl sites for hydroxylation is 1. The van der Waals surface area contributed by atoms with Gasteiger partial charge in [-0.3, -0.25) is 4.99 Å². The Kier molecular flexibility index (Phi) is 3.07. The Morgan fingerprint density at radius 2 is 2.00 bits per heavy atom.